The molecule has 1 aromatic carbocycles. The minimum Gasteiger partial charge on any atom is -0.449 e. The highest BCUT2D eigenvalue weighted by atomic mass is 32.2. The average Bonchev–Trinajstić information content (AvgIpc) is 3.05. The average molecular weight is 428 g/mol. The standard InChI is InChI=1S/C22H25N3O4S/c1-14-13-17-16(3)19(22(26)25-11-7-4-8-12-25)29-20(17)21(15(14)2)30(27,28)24-18-9-5-6-10-23-18/h5-6,9-10,13H,4,7-8,11-12H2,1-3H3,(H,23,24). The van der Waals surface area contributed by atoms with E-state index in [4.69, 9.17) is 4.42 Å². The van der Waals surface area contributed by atoms with E-state index in [-0.39, 0.29) is 28.0 Å². The second kappa shape index (κ2) is 7.75. The number of anilines is 1. The van der Waals surface area contributed by atoms with Crippen molar-refractivity contribution in [1.82, 2.24) is 9.88 Å². The van der Waals surface area contributed by atoms with E-state index in [2.05, 4.69) is 9.71 Å². The number of hydrogen-bond donors (Lipinski definition) is 1. The number of nitrogens with zero attached hydrogens (tertiary/aromatic N) is 2. The number of sulfonamides is 1. The Labute approximate surface area is 176 Å². The maximum atomic E-state index is 13.3. The highest BCUT2D eigenvalue weighted by molar-refractivity contribution is 7.93. The molecule has 0 bridgehead atoms. The molecule has 158 valence electrons. The van der Waals surface area contributed by atoms with Gasteiger partial charge in [0.1, 0.15) is 10.7 Å². The van der Waals surface area contributed by atoms with Gasteiger partial charge in [-0.2, -0.15) is 0 Å². The number of likely N-dealkylation sites (tertiary alicyclic amines) is 1. The lowest BCUT2D eigenvalue weighted by atomic mass is 10.0. The molecule has 0 aliphatic carbocycles. The third-order valence-electron chi connectivity index (χ3n) is 5.70. The van der Waals surface area contributed by atoms with E-state index in [0.29, 0.717) is 29.6 Å². The summed E-state index contributed by atoms with van der Waals surface area (Å²) in [6.07, 6.45) is 4.57. The Bertz CT molecular complexity index is 1210. The van der Waals surface area contributed by atoms with Crippen LogP contribution in [0, 0.1) is 20.8 Å². The van der Waals surface area contributed by atoms with E-state index < -0.39 is 10.0 Å². The number of aromatic nitrogens is 1. The highest BCUT2D eigenvalue weighted by Crippen LogP contribution is 2.36. The predicted octanol–water partition coefficient (Wildman–Crippen LogP) is 4.18. The summed E-state index contributed by atoms with van der Waals surface area (Å²) in [6, 6.07) is 6.88. The van der Waals surface area contributed by atoms with Crippen molar-refractivity contribution in [3.05, 3.63) is 52.9 Å². The van der Waals surface area contributed by atoms with Crippen molar-refractivity contribution in [1.29, 1.82) is 0 Å². The van der Waals surface area contributed by atoms with Gasteiger partial charge in [-0.1, -0.05) is 6.07 Å². The summed E-state index contributed by atoms with van der Waals surface area (Å²) in [7, 11) is -3.98. The molecular weight excluding hydrogens is 402 g/mol. The molecule has 0 saturated carbocycles. The second-order valence-corrected chi connectivity index (χ2v) is 9.37. The van der Waals surface area contributed by atoms with Gasteiger partial charge in [-0.25, -0.2) is 13.4 Å². The first-order valence-corrected chi connectivity index (χ1v) is 11.5. The first-order chi connectivity index (χ1) is 14.3. The van der Waals surface area contributed by atoms with Crippen molar-refractivity contribution in [3.63, 3.8) is 0 Å². The van der Waals surface area contributed by atoms with Crippen LogP contribution in [0.4, 0.5) is 5.82 Å². The summed E-state index contributed by atoms with van der Waals surface area (Å²) in [5.74, 6) is 0.255. The molecule has 1 fully saturated rings. The highest BCUT2D eigenvalue weighted by Gasteiger charge is 2.30. The molecule has 3 aromatic rings. The van der Waals surface area contributed by atoms with Gasteiger partial charge in [0.2, 0.25) is 0 Å². The molecule has 1 aliphatic heterocycles. The summed E-state index contributed by atoms with van der Waals surface area (Å²) in [5.41, 5.74) is 2.26. The van der Waals surface area contributed by atoms with E-state index in [0.717, 1.165) is 24.8 Å². The summed E-state index contributed by atoms with van der Waals surface area (Å²) in [5, 5.41) is 0.639. The number of rotatable bonds is 4. The fourth-order valence-corrected chi connectivity index (χ4v) is 5.38. The summed E-state index contributed by atoms with van der Waals surface area (Å²) in [6.45, 7) is 6.79. The molecule has 0 atom stereocenters. The number of nitrogens with one attached hydrogen (secondary N) is 1. The molecule has 1 N–H and O–H groups in total. The molecule has 7 nitrogen and oxygen atoms in total. The molecule has 30 heavy (non-hydrogen) atoms. The molecule has 2 aromatic heterocycles. The topological polar surface area (TPSA) is 92.5 Å². The van der Waals surface area contributed by atoms with Crippen LogP contribution in [-0.2, 0) is 10.0 Å². The number of aryl methyl sites for hydroxylation is 2. The minimum absolute atomic E-state index is 0.0453. The third-order valence-corrected chi connectivity index (χ3v) is 7.21. The first-order valence-electron chi connectivity index (χ1n) is 10.1. The number of carbonyl (C=O) groups excluding carboxylic acids is 1. The Hall–Kier alpha value is -2.87. The largest absolute Gasteiger partial charge is 0.449 e. The molecule has 0 spiro atoms. The van der Waals surface area contributed by atoms with Crippen LogP contribution in [-0.4, -0.2) is 37.3 Å². The quantitative estimate of drug-likeness (QED) is 0.674. The van der Waals surface area contributed by atoms with Gasteiger partial charge in [-0.3, -0.25) is 9.52 Å². The lowest BCUT2D eigenvalue weighted by Gasteiger charge is -2.25. The number of furan rings is 1. The minimum atomic E-state index is -3.98. The van der Waals surface area contributed by atoms with Crippen molar-refractivity contribution >= 4 is 32.7 Å². The lowest BCUT2D eigenvalue weighted by Crippen LogP contribution is -2.35. The number of carbonyl (C=O) groups is 1. The molecule has 1 aliphatic rings. The fraction of sp³-hybridized carbons (Fsp3) is 0.364. The summed E-state index contributed by atoms with van der Waals surface area (Å²) < 4.78 is 35.0. The second-order valence-electron chi connectivity index (χ2n) is 7.75. The molecule has 8 heteroatoms. The molecule has 1 amide bonds. The number of pyridine rings is 1. The van der Waals surface area contributed by atoms with E-state index in [1.54, 1.807) is 36.9 Å². The smallest absolute Gasteiger partial charge is 0.289 e. The molecule has 0 radical (unpaired) electrons. The molecule has 4 rings (SSSR count). The Morgan fingerprint density at radius 1 is 1.10 bits per heavy atom. The maximum absolute atomic E-state index is 13.3. The zero-order valence-corrected chi connectivity index (χ0v) is 18.2. The third kappa shape index (κ3) is 3.56. The van der Waals surface area contributed by atoms with Gasteiger partial charge in [0.25, 0.3) is 15.9 Å². The van der Waals surface area contributed by atoms with Crippen LogP contribution in [0.1, 0.15) is 46.5 Å². The molecule has 3 heterocycles. The zero-order valence-electron chi connectivity index (χ0n) is 17.4. The molecule has 1 saturated heterocycles. The Balaban J connectivity index is 1.85. The van der Waals surface area contributed by atoms with Gasteiger partial charge in [0.05, 0.1) is 0 Å². The Morgan fingerprint density at radius 3 is 2.50 bits per heavy atom. The van der Waals surface area contributed by atoms with Gasteiger partial charge < -0.3 is 9.32 Å². The van der Waals surface area contributed by atoms with Gasteiger partial charge in [0.15, 0.2) is 11.3 Å². The van der Waals surface area contributed by atoms with Gasteiger partial charge >= 0.3 is 0 Å². The van der Waals surface area contributed by atoms with Crippen molar-refractivity contribution in [2.75, 3.05) is 17.8 Å². The number of fused-ring (bicyclic) bond motifs is 1. The van der Waals surface area contributed by atoms with E-state index in [1.165, 1.54) is 6.20 Å². The molecular formula is C22H25N3O4S. The van der Waals surface area contributed by atoms with Crippen molar-refractivity contribution in [3.8, 4) is 0 Å². The fourth-order valence-electron chi connectivity index (χ4n) is 3.92. The van der Waals surface area contributed by atoms with Gasteiger partial charge in [-0.05, 0) is 69.4 Å². The van der Waals surface area contributed by atoms with Crippen molar-refractivity contribution < 1.29 is 17.6 Å². The Morgan fingerprint density at radius 2 is 1.83 bits per heavy atom. The van der Waals surface area contributed by atoms with E-state index in [1.807, 2.05) is 13.0 Å². The Kier molecular flexibility index (Phi) is 5.27. The van der Waals surface area contributed by atoms with Crippen LogP contribution in [0.5, 0.6) is 0 Å². The monoisotopic (exact) mass is 427 g/mol. The zero-order chi connectivity index (χ0) is 21.5. The summed E-state index contributed by atoms with van der Waals surface area (Å²) in [4.78, 5) is 19.0. The molecule has 0 unspecified atom stereocenters. The SMILES string of the molecule is Cc1cc2c(C)c(C(=O)N3CCCCC3)oc2c(S(=O)(=O)Nc2ccccn2)c1C. The van der Waals surface area contributed by atoms with Crippen LogP contribution in [0.15, 0.2) is 39.8 Å². The predicted molar refractivity (Wildman–Crippen MR) is 115 cm³/mol. The van der Waals surface area contributed by atoms with Crippen LogP contribution in [0.3, 0.4) is 0 Å². The lowest BCUT2D eigenvalue weighted by molar-refractivity contribution is 0.0693. The number of piperidine rings is 1. The van der Waals surface area contributed by atoms with Crippen LogP contribution < -0.4 is 4.72 Å². The van der Waals surface area contributed by atoms with Crippen molar-refractivity contribution in [2.45, 2.75) is 44.9 Å². The first kappa shape index (κ1) is 20.4. The summed E-state index contributed by atoms with van der Waals surface area (Å²) >= 11 is 0. The number of amides is 1. The number of hydrogen-bond acceptors (Lipinski definition) is 5. The van der Waals surface area contributed by atoms with Gasteiger partial charge in [-0.15, -0.1) is 0 Å². The number of benzene rings is 1. The van der Waals surface area contributed by atoms with Crippen LogP contribution in [0.25, 0.3) is 11.0 Å². The van der Waals surface area contributed by atoms with Crippen molar-refractivity contribution in [2.24, 2.45) is 0 Å². The van der Waals surface area contributed by atoms with E-state index >= 15 is 0 Å². The normalized spacial score (nSPS) is 14.8. The van der Waals surface area contributed by atoms with E-state index in [9.17, 15) is 13.2 Å². The van der Waals surface area contributed by atoms with Crippen LogP contribution >= 0.6 is 0 Å². The van der Waals surface area contributed by atoms with Crippen LogP contribution in [0.2, 0.25) is 0 Å². The van der Waals surface area contributed by atoms with Gasteiger partial charge in [0, 0.05) is 30.2 Å². The maximum Gasteiger partial charge on any atom is 0.289 e.